The van der Waals surface area contributed by atoms with E-state index in [-0.39, 0.29) is 24.2 Å². The first-order chi connectivity index (χ1) is 21.7. The molecule has 0 unspecified atom stereocenters. The van der Waals surface area contributed by atoms with Crippen LogP contribution in [0.25, 0.3) is 66.1 Å². The van der Waals surface area contributed by atoms with Gasteiger partial charge in [-0.2, -0.15) is 0 Å². The van der Waals surface area contributed by atoms with Crippen LogP contribution in [0.15, 0.2) is 139 Å². The van der Waals surface area contributed by atoms with E-state index in [4.69, 9.17) is 8.22 Å². The van der Waals surface area contributed by atoms with Crippen LogP contribution in [0.1, 0.15) is 13.8 Å². The van der Waals surface area contributed by atoms with E-state index in [9.17, 15) is 0 Å². The second kappa shape index (κ2) is 8.47. The van der Waals surface area contributed by atoms with Crippen LogP contribution in [-0.2, 0) is 0 Å². The maximum absolute atomic E-state index is 8.86. The van der Waals surface area contributed by atoms with Crippen molar-refractivity contribution in [2.75, 3.05) is 0 Å². The molecule has 0 bridgehead atoms. The molecule has 8 rings (SSSR count). The van der Waals surface area contributed by atoms with Crippen LogP contribution in [0.4, 0.5) is 0 Å². The van der Waals surface area contributed by atoms with E-state index in [1.54, 1.807) is 12.1 Å². The molecule has 8 aromatic rings. The second-order valence-corrected chi connectivity index (χ2v) is 9.84. The van der Waals surface area contributed by atoms with Gasteiger partial charge in [0, 0.05) is 32.9 Å². The van der Waals surface area contributed by atoms with Gasteiger partial charge in [0.2, 0.25) is 0 Å². The van der Waals surface area contributed by atoms with Crippen LogP contribution < -0.4 is 0 Å². The molecular weight excluding hydrogens is 472 g/mol. The average Bonchev–Trinajstić information content (AvgIpc) is 3.55. The van der Waals surface area contributed by atoms with E-state index in [0.29, 0.717) is 23.0 Å². The van der Waals surface area contributed by atoms with Gasteiger partial charge < -0.3 is 9.13 Å². The summed E-state index contributed by atoms with van der Waals surface area (Å²) in [5.74, 6) is 0. The van der Waals surface area contributed by atoms with Crippen LogP contribution >= 0.6 is 0 Å². The summed E-state index contributed by atoms with van der Waals surface area (Å²) in [5.41, 5.74) is 7.56. The van der Waals surface area contributed by atoms with E-state index in [1.807, 2.05) is 72.2 Å². The standard InChI is InChI=1S/C37H26N2/c1-25-11-5-8-16-33(25)39-35-18-10-7-15-30(35)32-24-27(20-22-37(32)39)26-19-21-36-31(23-26)29-14-6-9-17-34(29)38(36)28-12-3-2-4-13-28/h2-24H,1H3/i5D,6D,9D,14D,16D,17D. The molecule has 184 valence electrons. The van der Waals surface area contributed by atoms with Gasteiger partial charge in [-0.05, 0) is 78.2 Å². The second-order valence-electron chi connectivity index (χ2n) is 9.84. The van der Waals surface area contributed by atoms with Crippen LogP contribution in [0.3, 0.4) is 0 Å². The smallest absolute Gasteiger partial charge is 0.0645 e. The van der Waals surface area contributed by atoms with Crippen molar-refractivity contribution in [3.05, 3.63) is 145 Å². The Balaban J connectivity index is 1.41. The molecule has 0 atom stereocenters. The van der Waals surface area contributed by atoms with Crippen molar-refractivity contribution >= 4 is 43.6 Å². The van der Waals surface area contributed by atoms with Gasteiger partial charge in [-0.15, -0.1) is 0 Å². The Kier molecular flexibility index (Phi) is 3.63. The molecule has 39 heavy (non-hydrogen) atoms. The van der Waals surface area contributed by atoms with Crippen LogP contribution in [0.2, 0.25) is 0 Å². The number of benzene rings is 6. The van der Waals surface area contributed by atoms with Crippen molar-refractivity contribution in [1.82, 2.24) is 9.13 Å². The van der Waals surface area contributed by atoms with Crippen LogP contribution in [0, 0.1) is 6.92 Å². The Morgan fingerprint density at radius 2 is 1.15 bits per heavy atom. The highest BCUT2D eigenvalue weighted by Crippen LogP contribution is 2.38. The Morgan fingerprint density at radius 1 is 0.487 bits per heavy atom. The zero-order valence-corrected chi connectivity index (χ0v) is 21.2. The highest BCUT2D eigenvalue weighted by molar-refractivity contribution is 6.12. The Morgan fingerprint density at radius 3 is 1.95 bits per heavy atom. The number of nitrogens with zero attached hydrogens (tertiary/aromatic N) is 2. The Labute approximate surface area is 235 Å². The lowest BCUT2D eigenvalue weighted by molar-refractivity contribution is 1.15. The van der Waals surface area contributed by atoms with Gasteiger partial charge in [0.1, 0.15) is 0 Å². The van der Waals surface area contributed by atoms with Crippen molar-refractivity contribution < 1.29 is 8.22 Å². The third-order valence-electron chi connectivity index (χ3n) is 7.61. The SMILES string of the molecule is [2H]c1cc([2H])c(-n2c3ccccc3c3cc(-c4ccc5c(c4)c4c([2H])c([2H])c([2H])c([2H])c4n5-c4ccccc4)ccc32)c(C)c1. The number of aromatic nitrogens is 2. The molecular formula is C37H26N2. The molecule has 0 fully saturated rings. The topological polar surface area (TPSA) is 9.86 Å². The molecule has 6 aromatic carbocycles. The predicted octanol–water partition coefficient (Wildman–Crippen LogP) is 9.86. The lowest BCUT2D eigenvalue weighted by atomic mass is 10.0. The molecule has 2 heteroatoms. The minimum Gasteiger partial charge on any atom is -0.309 e. The predicted molar refractivity (Wildman–Crippen MR) is 165 cm³/mol. The lowest BCUT2D eigenvalue weighted by Gasteiger charge is -2.11. The van der Waals surface area contributed by atoms with E-state index in [0.717, 1.165) is 60.8 Å². The van der Waals surface area contributed by atoms with Crippen molar-refractivity contribution in [3.63, 3.8) is 0 Å². The van der Waals surface area contributed by atoms with Gasteiger partial charge in [-0.3, -0.25) is 0 Å². The van der Waals surface area contributed by atoms with E-state index in [2.05, 4.69) is 34.9 Å². The van der Waals surface area contributed by atoms with Crippen molar-refractivity contribution in [1.29, 1.82) is 0 Å². The number of rotatable bonds is 3. The summed E-state index contributed by atoms with van der Waals surface area (Å²) in [6.45, 7) is 1.94. The van der Waals surface area contributed by atoms with E-state index < -0.39 is 0 Å². The first-order valence-electron chi connectivity index (χ1n) is 16.0. The van der Waals surface area contributed by atoms with Crippen molar-refractivity contribution in [3.8, 4) is 22.5 Å². The Bertz CT molecular complexity index is 2490. The largest absolute Gasteiger partial charge is 0.309 e. The molecule has 0 N–H and O–H groups in total. The fraction of sp³-hybridized carbons (Fsp3) is 0.0270. The molecule has 0 saturated carbocycles. The highest BCUT2D eigenvalue weighted by Gasteiger charge is 2.16. The maximum Gasteiger partial charge on any atom is 0.0645 e. The lowest BCUT2D eigenvalue weighted by Crippen LogP contribution is -1.96. The summed E-state index contributed by atoms with van der Waals surface area (Å²) in [6.07, 6.45) is 0. The van der Waals surface area contributed by atoms with Gasteiger partial charge in [0.15, 0.2) is 0 Å². The normalized spacial score (nSPS) is 13.9. The number of para-hydroxylation sites is 4. The minimum absolute atomic E-state index is 0.0541. The molecule has 2 nitrogen and oxygen atoms in total. The number of hydrogen-bond acceptors (Lipinski definition) is 0. The van der Waals surface area contributed by atoms with E-state index >= 15 is 0 Å². The molecule has 0 amide bonds. The summed E-state index contributed by atoms with van der Waals surface area (Å²) < 4.78 is 55.3. The monoisotopic (exact) mass is 504 g/mol. The third kappa shape index (κ3) is 3.28. The van der Waals surface area contributed by atoms with Gasteiger partial charge >= 0.3 is 0 Å². The molecule has 0 aliphatic rings. The summed E-state index contributed by atoms with van der Waals surface area (Å²) in [6, 6.07) is 33.5. The molecule has 0 spiro atoms. The minimum atomic E-state index is -0.252. The van der Waals surface area contributed by atoms with E-state index in [1.165, 1.54) is 0 Å². The summed E-state index contributed by atoms with van der Waals surface area (Å²) in [4.78, 5) is 0. The first-order valence-corrected chi connectivity index (χ1v) is 13.0. The van der Waals surface area contributed by atoms with Gasteiger partial charge in [-0.1, -0.05) is 84.8 Å². The fourth-order valence-electron chi connectivity index (χ4n) is 5.84. The zero-order chi connectivity index (χ0) is 31.1. The zero-order valence-electron chi connectivity index (χ0n) is 27.2. The molecule has 0 saturated heterocycles. The average molecular weight is 505 g/mol. The molecule has 0 aliphatic carbocycles. The van der Waals surface area contributed by atoms with Crippen molar-refractivity contribution in [2.24, 2.45) is 0 Å². The Hall–Kier alpha value is -5.08. The van der Waals surface area contributed by atoms with Gasteiger partial charge in [-0.25, -0.2) is 0 Å². The van der Waals surface area contributed by atoms with Gasteiger partial charge in [0.25, 0.3) is 0 Å². The fourth-order valence-corrected chi connectivity index (χ4v) is 5.84. The number of aryl methyl sites for hydroxylation is 1. The molecule has 0 aliphatic heterocycles. The van der Waals surface area contributed by atoms with Crippen LogP contribution in [0.5, 0.6) is 0 Å². The third-order valence-corrected chi connectivity index (χ3v) is 7.61. The summed E-state index contributed by atoms with van der Waals surface area (Å²) in [7, 11) is 0. The summed E-state index contributed by atoms with van der Waals surface area (Å²) >= 11 is 0. The molecule has 2 heterocycles. The molecule has 0 radical (unpaired) electrons. The van der Waals surface area contributed by atoms with Crippen molar-refractivity contribution in [2.45, 2.75) is 6.92 Å². The highest BCUT2D eigenvalue weighted by atomic mass is 15.0. The number of hydrogen-bond donors (Lipinski definition) is 0. The van der Waals surface area contributed by atoms with Crippen LogP contribution in [-0.4, -0.2) is 9.13 Å². The van der Waals surface area contributed by atoms with Gasteiger partial charge in [0.05, 0.1) is 30.3 Å². The molecule has 2 aromatic heterocycles. The summed E-state index contributed by atoms with van der Waals surface area (Å²) in [5, 5.41) is 3.34. The maximum atomic E-state index is 8.86. The number of fused-ring (bicyclic) bond motifs is 6. The first kappa shape index (κ1) is 16.7. The quantitative estimate of drug-likeness (QED) is 0.227.